The molecule has 1 unspecified atom stereocenters. The van der Waals surface area contributed by atoms with Crippen LogP contribution >= 0.6 is 12.6 Å². The second-order valence-corrected chi connectivity index (χ2v) is 4.26. The Hall–Kier alpha value is -1.48. The molecule has 0 aliphatic rings. The van der Waals surface area contributed by atoms with E-state index in [1.165, 1.54) is 0 Å². The second kappa shape index (κ2) is 5.03. The van der Waals surface area contributed by atoms with Crippen molar-refractivity contribution in [2.45, 2.75) is 12.2 Å². The molecule has 0 aliphatic heterocycles. The Bertz CT molecular complexity index is 456. The molecule has 0 amide bonds. The summed E-state index contributed by atoms with van der Waals surface area (Å²) in [6.45, 7) is 2.02. The van der Waals surface area contributed by atoms with E-state index in [0.717, 1.165) is 11.3 Å². The third kappa shape index (κ3) is 2.55. The molecule has 16 heavy (non-hydrogen) atoms. The number of ether oxygens (including phenoxy) is 1. The molecule has 0 saturated heterocycles. The lowest BCUT2D eigenvalue weighted by Gasteiger charge is -2.11. The highest BCUT2D eigenvalue weighted by Crippen LogP contribution is 2.31. The maximum Gasteiger partial charge on any atom is 0.219 e. The van der Waals surface area contributed by atoms with Gasteiger partial charge in [0.1, 0.15) is 5.75 Å². The summed E-state index contributed by atoms with van der Waals surface area (Å²) < 4.78 is 5.71. The third-order valence-electron chi connectivity index (χ3n) is 2.22. The number of nitrogens with zero attached hydrogens (tertiary/aromatic N) is 1. The number of hydrogen-bond donors (Lipinski definition) is 1. The van der Waals surface area contributed by atoms with Crippen LogP contribution in [0.25, 0.3) is 0 Å². The molecule has 0 aliphatic carbocycles. The fourth-order valence-corrected chi connectivity index (χ4v) is 1.65. The maximum atomic E-state index is 5.71. The van der Waals surface area contributed by atoms with Gasteiger partial charge in [0.15, 0.2) is 0 Å². The summed E-state index contributed by atoms with van der Waals surface area (Å²) in [5, 5.41) is 0.139. The zero-order valence-corrected chi connectivity index (χ0v) is 9.89. The lowest BCUT2D eigenvalue weighted by atomic mass is 10.1. The van der Waals surface area contributed by atoms with Crippen LogP contribution in [0.4, 0.5) is 0 Å². The van der Waals surface area contributed by atoms with Crippen molar-refractivity contribution < 1.29 is 4.74 Å². The standard InChI is InChI=1S/C13H13NOS/c1-10(16)11-6-2-3-7-12(11)15-13-8-4-5-9-14-13/h2-10,16H,1H3. The van der Waals surface area contributed by atoms with Crippen molar-refractivity contribution in [1.82, 2.24) is 4.98 Å². The molecule has 1 atom stereocenters. The minimum atomic E-state index is 0.139. The molecule has 0 saturated carbocycles. The Labute approximate surface area is 101 Å². The van der Waals surface area contributed by atoms with Gasteiger partial charge in [-0.25, -0.2) is 4.98 Å². The van der Waals surface area contributed by atoms with Gasteiger partial charge in [0, 0.05) is 23.1 Å². The van der Waals surface area contributed by atoms with Crippen molar-refractivity contribution in [1.29, 1.82) is 0 Å². The van der Waals surface area contributed by atoms with Gasteiger partial charge in [-0.05, 0) is 19.1 Å². The third-order valence-corrected chi connectivity index (χ3v) is 2.50. The van der Waals surface area contributed by atoms with Crippen molar-refractivity contribution in [3.8, 4) is 11.6 Å². The summed E-state index contributed by atoms with van der Waals surface area (Å²) in [5.74, 6) is 1.41. The minimum Gasteiger partial charge on any atom is -0.439 e. The normalized spacial score (nSPS) is 12.1. The van der Waals surface area contributed by atoms with Crippen molar-refractivity contribution in [2.75, 3.05) is 0 Å². The molecular weight excluding hydrogens is 218 g/mol. The Morgan fingerprint density at radius 3 is 2.56 bits per heavy atom. The van der Waals surface area contributed by atoms with Crippen LogP contribution in [-0.2, 0) is 0 Å². The van der Waals surface area contributed by atoms with Gasteiger partial charge in [-0.3, -0.25) is 0 Å². The van der Waals surface area contributed by atoms with Crippen LogP contribution in [0, 0.1) is 0 Å². The average Bonchev–Trinajstić information content (AvgIpc) is 2.31. The average molecular weight is 231 g/mol. The van der Waals surface area contributed by atoms with E-state index in [0.29, 0.717) is 5.88 Å². The van der Waals surface area contributed by atoms with E-state index >= 15 is 0 Å². The van der Waals surface area contributed by atoms with E-state index in [9.17, 15) is 0 Å². The van der Waals surface area contributed by atoms with Crippen molar-refractivity contribution in [3.05, 3.63) is 54.2 Å². The van der Waals surface area contributed by atoms with Crippen LogP contribution in [-0.4, -0.2) is 4.98 Å². The van der Waals surface area contributed by atoms with E-state index in [1.807, 2.05) is 49.4 Å². The first-order valence-electron chi connectivity index (χ1n) is 5.13. The Balaban J connectivity index is 2.28. The van der Waals surface area contributed by atoms with Crippen LogP contribution in [0.2, 0.25) is 0 Å². The van der Waals surface area contributed by atoms with Crippen LogP contribution in [0.1, 0.15) is 17.7 Å². The number of aromatic nitrogens is 1. The highest BCUT2D eigenvalue weighted by molar-refractivity contribution is 7.80. The molecule has 0 fully saturated rings. The fourth-order valence-electron chi connectivity index (χ4n) is 1.44. The van der Waals surface area contributed by atoms with Gasteiger partial charge in [0.05, 0.1) is 0 Å². The largest absolute Gasteiger partial charge is 0.439 e. The summed E-state index contributed by atoms with van der Waals surface area (Å²) in [5.41, 5.74) is 1.07. The predicted octanol–water partition coefficient (Wildman–Crippen LogP) is 3.86. The van der Waals surface area contributed by atoms with Crippen molar-refractivity contribution in [2.24, 2.45) is 0 Å². The topological polar surface area (TPSA) is 22.1 Å². The second-order valence-electron chi connectivity index (χ2n) is 3.48. The van der Waals surface area contributed by atoms with Crippen molar-refractivity contribution >= 4 is 12.6 Å². The zero-order chi connectivity index (χ0) is 11.4. The van der Waals surface area contributed by atoms with Gasteiger partial charge in [0.25, 0.3) is 0 Å². The first-order valence-corrected chi connectivity index (χ1v) is 5.65. The minimum absolute atomic E-state index is 0.139. The summed E-state index contributed by atoms with van der Waals surface area (Å²) >= 11 is 4.42. The molecule has 1 aromatic carbocycles. The van der Waals surface area contributed by atoms with Crippen LogP contribution in [0.3, 0.4) is 0 Å². The SMILES string of the molecule is CC(S)c1ccccc1Oc1ccccn1. The monoisotopic (exact) mass is 231 g/mol. The number of rotatable bonds is 3. The highest BCUT2D eigenvalue weighted by atomic mass is 32.1. The van der Waals surface area contributed by atoms with Crippen molar-refractivity contribution in [3.63, 3.8) is 0 Å². The Morgan fingerprint density at radius 2 is 1.88 bits per heavy atom. The number of thiol groups is 1. The molecule has 1 heterocycles. The highest BCUT2D eigenvalue weighted by Gasteiger charge is 2.08. The van der Waals surface area contributed by atoms with Gasteiger partial charge < -0.3 is 4.74 Å². The molecule has 82 valence electrons. The maximum absolute atomic E-state index is 5.71. The molecule has 2 aromatic rings. The molecule has 0 radical (unpaired) electrons. The summed E-state index contributed by atoms with van der Waals surface area (Å²) in [7, 11) is 0. The first-order chi connectivity index (χ1) is 7.77. The summed E-state index contributed by atoms with van der Waals surface area (Å²) in [6.07, 6.45) is 1.71. The molecule has 1 aromatic heterocycles. The lowest BCUT2D eigenvalue weighted by molar-refractivity contribution is 0.457. The quantitative estimate of drug-likeness (QED) is 0.810. The molecule has 3 heteroatoms. The molecule has 2 nitrogen and oxygen atoms in total. The first kappa shape index (κ1) is 11.0. The lowest BCUT2D eigenvalue weighted by Crippen LogP contribution is -1.93. The van der Waals surface area contributed by atoms with E-state index in [-0.39, 0.29) is 5.25 Å². The number of para-hydroxylation sites is 1. The Morgan fingerprint density at radius 1 is 1.12 bits per heavy atom. The molecule has 0 N–H and O–H groups in total. The van der Waals surface area contributed by atoms with E-state index in [1.54, 1.807) is 6.20 Å². The number of hydrogen-bond acceptors (Lipinski definition) is 3. The van der Waals surface area contributed by atoms with E-state index in [2.05, 4.69) is 17.6 Å². The van der Waals surface area contributed by atoms with E-state index in [4.69, 9.17) is 4.74 Å². The number of benzene rings is 1. The fraction of sp³-hybridized carbons (Fsp3) is 0.154. The summed E-state index contributed by atoms with van der Waals surface area (Å²) in [4.78, 5) is 4.13. The van der Waals surface area contributed by atoms with Gasteiger partial charge in [-0.1, -0.05) is 24.3 Å². The predicted molar refractivity (Wildman–Crippen MR) is 68.2 cm³/mol. The van der Waals surface area contributed by atoms with Gasteiger partial charge >= 0.3 is 0 Å². The van der Waals surface area contributed by atoms with Crippen LogP contribution in [0.15, 0.2) is 48.7 Å². The molecular formula is C13H13NOS. The number of pyridine rings is 1. The smallest absolute Gasteiger partial charge is 0.219 e. The van der Waals surface area contributed by atoms with E-state index < -0.39 is 0 Å². The molecule has 0 bridgehead atoms. The Kier molecular flexibility index (Phi) is 3.47. The van der Waals surface area contributed by atoms with Gasteiger partial charge in [-0.2, -0.15) is 12.6 Å². The zero-order valence-electron chi connectivity index (χ0n) is 9.00. The molecule has 2 rings (SSSR count). The van der Waals surface area contributed by atoms with Crippen LogP contribution < -0.4 is 4.74 Å². The van der Waals surface area contributed by atoms with Gasteiger partial charge in [-0.15, -0.1) is 0 Å². The summed E-state index contributed by atoms with van der Waals surface area (Å²) in [6, 6.07) is 13.5. The van der Waals surface area contributed by atoms with Gasteiger partial charge in [0.2, 0.25) is 5.88 Å². The van der Waals surface area contributed by atoms with Crippen LogP contribution in [0.5, 0.6) is 11.6 Å². The molecule has 0 spiro atoms.